The highest BCUT2D eigenvalue weighted by atomic mass is 35.5. The van der Waals surface area contributed by atoms with Crippen LogP contribution in [0.1, 0.15) is 12.5 Å². The van der Waals surface area contributed by atoms with E-state index in [1.54, 1.807) is 27.2 Å². The first-order chi connectivity index (χ1) is 12.6. The Kier molecular flexibility index (Phi) is 9.35. The third kappa shape index (κ3) is 5.66. The van der Waals surface area contributed by atoms with Crippen LogP contribution in [0.5, 0.6) is 0 Å². The van der Waals surface area contributed by atoms with Crippen molar-refractivity contribution in [2.24, 2.45) is 5.14 Å². The molecule has 2 heterocycles. The predicted octanol–water partition coefficient (Wildman–Crippen LogP) is 0.777. The van der Waals surface area contributed by atoms with Crippen molar-refractivity contribution < 1.29 is 26.3 Å². The molecule has 162 valence electrons. The lowest BCUT2D eigenvalue weighted by Crippen LogP contribution is -2.40. The Bertz CT molecular complexity index is 890. The molecular formula is C15H26ClN3O6S3. The minimum Gasteiger partial charge on any atom is -0.383 e. The van der Waals surface area contributed by atoms with E-state index >= 15 is 0 Å². The average molecular weight is 476 g/mol. The first-order valence-electron chi connectivity index (χ1n) is 8.25. The lowest BCUT2D eigenvalue weighted by molar-refractivity contribution is 0.117. The van der Waals surface area contributed by atoms with E-state index in [9.17, 15) is 16.8 Å². The zero-order valence-corrected chi connectivity index (χ0v) is 19.2. The van der Waals surface area contributed by atoms with E-state index in [0.717, 1.165) is 0 Å². The number of thiophene rings is 1. The third-order valence-electron chi connectivity index (χ3n) is 4.05. The summed E-state index contributed by atoms with van der Waals surface area (Å²) in [5, 5.41) is 5.17. The summed E-state index contributed by atoms with van der Waals surface area (Å²) in [6.45, 7) is 4.53. The summed E-state index contributed by atoms with van der Waals surface area (Å²) in [5.41, 5.74) is 0.915. The summed E-state index contributed by atoms with van der Waals surface area (Å²) in [6.07, 6.45) is 1.71. The van der Waals surface area contributed by atoms with E-state index in [1.807, 2.05) is 4.90 Å². The topological polar surface area (TPSA) is 119 Å². The zero-order chi connectivity index (χ0) is 20.2. The molecule has 28 heavy (non-hydrogen) atoms. The molecule has 9 nitrogen and oxygen atoms in total. The molecule has 1 aliphatic rings. The smallest absolute Gasteiger partial charge is 0.274 e. The van der Waals surface area contributed by atoms with E-state index in [4.69, 9.17) is 14.6 Å². The Morgan fingerprint density at radius 2 is 1.79 bits per heavy atom. The number of likely N-dealkylation sites (N-methyl/N-ethyl adjacent to an activating group) is 1. The number of methoxy groups -OCH3 is 2. The first-order valence-corrected chi connectivity index (χ1v) is 12.1. The van der Waals surface area contributed by atoms with Gasteiger partial charge in [0.1, 0.15) is 8.42 Å². The molecule has 0 amide bonds. The number of nitrogens with zero attached hydrogens (tertiary/aromatic N) is 2. The molecule has 1 aromatic rings. The monoisotopic (exact) mass is 475 g/mol. The molecule has 1 aromatic heterocycles. The number of fused-ring (bicyclic) bond motifs is 1. The Labute approximate surface area is 176 Å². The van der Waals surface area contributed by atoms with Gasteiger partial charge in [-0.1, -0.05) is 0 Å². The van der Waals surface area contributed by atoms with Gasteiger partial charge in [0.15, 0.2) is 0 Å². The fourth-order valence-electron chi connectivity index (χ4n) is 2.75. The number of hydrogen-bond donors (Lipinski definition) is 1. The Morgan fingerprint density at radius 1 is 1.21 bits per heavy atom. The zero-order valence-electron chi connectivity index (χ0n) is 16.0. The van der Waals surface area contributed by atoms with Crippen molar-refractivity contribution in [3.05, 3.63) is 17.3 Å². The van der Waals surface area contributed by atoms with Crippen LogP contribution >= 0.6 is 23.7 Å². The van der Waals surface area contributed by atoms with Gasteiger partial charge in [0, 0.05) is 51.7 Å². The van der Waals surface area contributed by atoms with Gasteiger partial charge in [-0.15, -0.1) is 23.7 Å². The van der Waals surface area contributed by atoms with Gasteiger partial charge in [-0.05, 0) is 19.1 Å². The highest BCUT2D eigenvalue weighted by Crippen LogP contribution is 2.38. The SMILES string of the molecule is CCN1C(CN(CCOC)CCOC)=Cc2cc(S(N)(=O)=O)sc2S1(=O)=O.Cl. The third-order valence-corrected chi connectivity index (χ3v) is 9.07. The molecule has 0 unspecified atom stereocenters. The number of halogens is 1. The van der Waals surface area contributed by atoms with Crippen LogP contribution < -0.4 is 5.14 Å². The Balaban J connectivity index is 0.00000392. The molecule has 0 spiro atoms. The lowest BCUT2D eigenvalue weighted by Gasteiger charge is -2.32. The van der Waals surface area contributed by atoms with Crippen LogP contribution in [0.2, 0.25) is 0 Å². The van der Waals surface area contributed by atoms with Gasteiger partial charge in [0.2, 0.25) is 10.0 Å². The van der Waals surface area contributed by atoms with Gasteiger partial charge in [0.25, 0.3) is 10.0 Å². The summed E-state index contributed by atoms with van der Waals surface area (Å²) in [7, 11) is -4.61. The summed E-state index contributed by atoms with van der Waals surface area (Å²) in [5.74, 6) is 0. The molecular weight excluding hydrogens is 450 g/mol. The Hall–Kier alpha value is -0.730. The van der Waals surface area contributed by atoms with Crippen molar-refractivity contribution in [3.8, 4) is 0 Å². The van der Waals surface area contributed by atoms with Crippen molar-refractivity contribution in [2.45, 2.75) is 15.3 Å². The summed E-state index contributed by atoms with van der Waals surface area (Å²) in [4.78, 5) is 2.02. The van der Waals surface area contributed by atoms with Crippen molar-refractivity contribution in [2.75, 3.05) is 53.6 Å². The van der Waals surface area contributed by atoms with Crippen molar-refractivity contribution >= 4 is 49.9 Å². The van der Waals surface area contributed by atoms with E-state index in [0.29, 0.717) is 55.4 Å². The predicted molar refractivity (Wildman–Crippen MR) is 111 cm³/mol. The van der Waals surface area contributed by atoms with Crippen molar-refractivity contribution in [1.82, 2.24) is 9.21 Å². The van der Waals surface area contributed by atoms with Crippen molar-refractivity contribution in [3.63, 3.8) is 0 Å². The molecule has 0 aliphatic carbocycles. The van der Waals surface area contributed by atoms with Crippen LogP contribution in [0.4, 0.5) is 0 Å². The van der Waals surface area contributed by atoms with Crippen molar-refractivity contribution in [1.29, 1.82) is 0 Å². The minimum atomic E-state index is -3.97. The molecule has 0 saturated heterocycles. The molecule has 13 heteroatoms. The molecule has 1 aliphatic heterocycles. The fourth-order valence-corrected chi connectivity index (χ4v) is 6.86. The maximum Gasteiger partial charge on any atom is 0.274 e. The second-order valence-corrected chi connectivity index (χ2v) is 10.8. The van der Waals surface area contributed by atoms with Crippen LogP contribution in [0.25, 0.3) is 6.08 Å². The second-order valence-electron chi connectivity index (χ2n) is 5.92. The standard InChI is InChI=1S/C15H25N3O6S3.ClH/c1-4-18-13(11-17(5-7-23-2)6-8-24-3)9-12-10-14(26(16,19)20)25-15(12)27(18,21)22;/h9-10H,4-8,11H2,1-3H3,(H2,16,19,20);1H. The van der Waals surface area contributed by atoms with Crippen LogP contribution in [0.3, 0.4) is 0 Å². The van der Waals surface area contributed by atoms with Crippen LogP contribution in [0.15, 0.2) is 20.2 Å². The Morgan fingerprint density at radius 3 is 2.25 bits per heavy atom. The molecule has 0 bridgehead atoms. The maximum atomic E-state index is 13.0. The number of hydrogen-bond acceptors (Lipinski definition) is 8. The maximum absolute atomic E-state index is 13.0. The van der Waals surface area contributed by atoms with E-state index in [-0.39, 0.29) is 27.4 Å². The molecule has 2 N–H and O–H groups in total. The summed E-state index contributed by atoms with van der Waals surface area (Å²) in [6, 6.07) is 1.31. The summed E-state index contributed by atoms with van der Waals surface area (Å²) < 4.78 is 60.6. The number of nitrogens with two attached hydrogens (primary N) is 1. The second kappa shape index (κ2) is 10.3. The molecule has 2 rings (SSSR count). The molecule has 0 fully saturated rings. The van der Waals surface area contributed by atoms with E-state index < -0.39 is 20.0 Å². The molecule has 0 saturated carbocycles. The number of ether oxygens (including phenoxy) is 2. The quantitative estimate of drug-likeness (QED) is 0.530. The highest BCUT2D eigenvalue weighted by Gasteiger charge is 2.35. The summed E-state index contributed by atoms with van der Waals surface area (Å²) >= 11 is 0.676. The number of rotatable bonds is 10. The first kappa shape index (κ1) is 25.3. The van der Waals surface area contributed by atoms with Gasteiger partial charge < -0.3 is 9.47 Å². The largest absolute Gasteiger partial charge is 0.383 e. The normalized spacial score (nSPS) is 15.9. The molecule has 0 atom stereocenters. The fraction of sp³-hybridized carbons (Fsp3) is 0.600. The van der Waals surface area contributed by atoms with Crippen LogP contribution in [0, 0.1) is 0 Å². The van der Waals surface area contributed by atoms with Gasteiger partial charge in [-0.25, -0.2) is 22.0 Å². The van der Waals surface area contributed by atoms with Gasteiger partial charge in [-0.2, -0.15) is 0 Å². The van der Waals surface area contributed by atoms with Gasteiger partial charge in [-0.3, -0.25) is 9.21 Å². The van der Waals surface area contributed by atoms with Crippen LogP contribution in [-0.4, -0.2) is 79.7 Å². The number of primary sulfonamides is 1. The number of sulfonamides is 2. The van der Waals surface area contributed by atoms with Gasteiger partial charge >= 0.3 is 0 Å². The minimum absolute atomic E-state index is 0. The van der Waals surface area contributed by atoms with Crippen LogP contribution in [-0.2, 0) is 29.5 Å². The van der Waals surface area contributed by atoms with Gasteiger partial charge in [0.05, 0.1) is 13.2 Å². The molecule has 0 radical (unpaired) electrons. The molecule has 0 aromatic carbocycles. The highest BCUT2D eigenvalue weighted by molar-refractivity contribution is 7.94. The lowest BCUT2D eigenvalue weighted by atomic mass is 10.2. The van der Waals surface area contributed by atoms with E-state index in [1.165, 1.54) is 10.4 Å². The van der Waals surface area contributed by atoms with E-state index in [2.05, 4.69) is 0 Å². The average Bonchev–Trinajstić information content (AvgIpc) is 3.02.